The minimum Gasteiger partial charge on any atom is -0.271 e. The maximum absolute atomic E-state index is 5.62. The van der Waals surface area contributed by atoms with Crippen molar-refractivity contribution in [3.05, 3.63) is 59.7 Å². The van der Waals surface area contributed by atoms with E-state index >= 15 is 0 Å². The van der Waals surface area contributed by atoms with E-state index in [-0.39, 0.29) is 6.04 Å². The Bertz CT molecular complexity index is 467. The number of hydrogen-bond acceptors (Lipinski definition) is 4. The third-order valence-electron chi connectivity index (χ3n) is 3.01. The summed E-state index contributed by atoms with van der Waals surface area (Å²) < 4.78 is 0. The number of hydrogen-bond donors (Lipinski definition) is 2. The smallest absolute Gasteiger partial charge is 0.0478 e. The van der Waals surface area contributed by atoms with Gasteiger partial charge in [-0.1, -0.05) is 6.07 Å². The molecule has 94 valence electrons. The molecular formula is C14H18N4. The van der Waals surface area contributed by atoms with Crippen molar-refractivity contribution in [3.63, 3.8) is 0 Å². The summed E-state index contributed by atoms with van der Waals surface area (Å²) in [5.74, 6) is 5.62. The molecule has 2 heterocycles. The van der Waals surface area contributed by atoms with Crippen molar-refractivity contribution < 1.29 is 0 Å². The Kier molecular flexibility index (Phi) is 4.39. The first-order chi connectivity index (χ1) is 8.79. The normalized spacial score (nSPS) is 12.3. The molecule has 18 heavy (non-hydrogen) atoms. The summed E-state index contributed by atoms with van der Waals surface area (Å²) in [7, 11) is 0. The lowest BCUT2D eigenvalue weighted by Gasteiger charge is -2.16. The van der Waals surface area contributed by atoms with Crippen molar-refractivity contribution in [1.29, 1.82) is 0 Å². The summed E-state index contributed by atoms with van der Waals surface area (Å²) in [5, 5.41) is 0. The van der Waals surface area contributed by atoms with E-state index in [2.05, 4.69) is 21.5 Å². The highest BCUT2D eigenvalue weighted by Crippen LogP contribution is 2.17. The van der Waals surface area contributed by atoms with Gasteiger partial charge in [-0.25, -0.2) is 0 Å². The average molecular weight is 242 g/mol. The number of aryl methyl sites for hydroxylation is 2. The summed E-state index contributed by atoms with van der Waals surface area (Å²) in [5.41, 5.74) is 6.26. The van der Waals surface area contributed by atoms with Crippen LogP contribution in [0.15, 0.2) is 42.9 Å². The molecule has 0 aliphatic heterocycles. The number of nitrogens with zero attached hydrogens (tertiary/aromatic N) is 2. The Morgan fingerprint density at radius 1 is 1.22 bits per heavy atom. The second-order valence-electron chi connectivity index (χ2n) is 4.35. The number of nitrogens with one attached hydrogen (secondary N) is 1. The van der Waals surface area contributed by atoms with Gasteiger partial charge in [0.25, 0.3) is 0 Å². The predicted molar refractivity (Wildman–Crippen MR) is 71.6 cm³/mol. The zero-order valence-electron chi connectivity index (χ0n) is 10.5. The van der Waals surface area contributed by atoms with E-state index in [0.717, 1.165) is 24.1 Å². The van der Waals surface area contributed by atoms with Gasteiger partial charge in [0.2, 0.25) is 0 Å². The quantitative estimate of drug-likeness (QED) is 0.621. The number of nitrogens with two attached hydrogens (primary N) is 1. The van der Waals surface area contributed by atoms with Gasteiger partial charge in [-0.3, -0.25) is 21.2 Å². The van der Waals surface area contributed by atoms with Crippen molar-refractivity contribution in [1.82, 2.24) is 15.4 Å². The monoisotopic (exact) mass is 242 g/mol. The highest BCUT2D eigenvalue weighted by atomic mass is 15.2. The molecule has 4 nitrogen and oxygen atoms in total. The van der Waals surface area contributed by atoms with Gasteiger partial charge in [0, 0.05) is 30.3 Å². The van der Waals surface area contributed by atoms with Gasteiger partial charge in [-0.2, -0.15) is 0 Å². The van der Waals surface area contributed by atoms with Crippen LogP contribution in [-0.4, -0.2) is 9.97 Å². The highest BCUT2D eigenvalue weighted by molar-refractivity contribution is 5.18. The summed E-state index contributed by atoms with van der Waals surface area (Å²) in [4.78, 5) is 8.31. The number of aromatic nitrogens is 2. The zero-order valence-corrected chi connectivity index (χ0v) is 10.5. The molecule has 0 aliphatic rings. The van der Waals surface area contributed by atoms with Crippen LogP contribution in [0.4, 0.5) is 0 Å². The molecule has 2 aromatic rings. The minimum atomic E-state index is 0.131. The molecule has 4 heteroatoms. The maximum Gasteiger partial charge on any atom is 0.0478 e. The van der Waals surface area contributed by atoms with Gasteiger partial charge < -0.3 is 0 Å². The van der Waals surface area contributed by atoms with Crippen molar-refractivity contribution >= 4 is 0 Å². The molecule has 0 spiro atoms. The molecule has 2 aromatic heterocycles. The minimum absolute atomic E-state index is 0.131. The van der Waals surface area contributed by atoms with Crippen LogP contribution in [0.1, 0.15) is 29.3 Å². The first-order valence-electron chi connectivity index (χ1n) is 6.07. The van der Waals surface area contributed by atoms with Gasteiger partial charge in [0.05, 0.1) is 0 Å². The van der Waals surface area contributed by atoms with Crippen LogP contribution in [0.3, 0.4) is 0 Å². The Hall–Kier alpha value is -1.78. The van der Waals surface area contributed by atoms with Crippen LogP contribution in [0.5, 0.6) is 0 Å². The van der Waals surface area contributed by atoms with Crippen molar-refractivity contribution in [2.75, 3.05) is 0 Å². The molecule has 1 atom stereocenters. The lowest BCUT2D eigenvalue weighted by atomic mass is 10.0. The Labute approximate surface area is 107 Å². The van der Waals surface area contributed by atoms with Crippen molar-refractivity contribution in [3.8, 4) is 0 Å². The van der Waals surface area contributed by atoms with E-state index in [1.807, 2.05) is 43.7 Å². The van der Waals surface area contributed by atoms with Crippen LogP contribution in [0.25, 0.3) is 0 Å². The van der Waals surface area contributed by atoms with Crippen LogP contribution in [-0.2, 0) is 6.42 Å². The van der Waals surface area contributed by atoms with Gasteiger partial charge >= 0.3 is 0 Å². The van der Waals surface area contributed by atoms with Crippen LogP contribution >= 0.6 is 0 Å². The topological polar surface area (TPSA) is 63.8 Å². The van der Waals surface area contributed by atoms with Gasteiger partial charge in [0.1, 0.15) is 0 Å². The molecular weight excluding hydrogens is 224 g/mol. The van der Waals surface area contributed by atoms with Gasteiger partial charge in [-0.05, 0) is 49.1 Å². The first kappa shape index (κ1) is 12.7. The van der Waals surface area contributed by atoms with Crippen LogP contribution < -0.4 is 11.3 Å². The summed E-state index contributed by atoms with van der Waals surface area (Å²) >= 11 is 0. The Morgan fingerprint density at radius 3 is 2.61 bits per heavy atom. The highest BCUT2D eigenvalue weighted by Gasteiger charge is 2.09. The lowest BCUT2D eigenvalue weighted by Crippen LogP contribution is -2.28. The molecule has 0 radical (unpaired) electrons. The third kappa shape index (κ3) is 3.35. The van der Waals surface area contributed by atoms with E-state index in [1.165, 1.54) is 5.56 Å². The Balaban J connectivity index is 1.99. The molecule has 0 saturated heterocycles. The summed E-state index contributed by atoms with van der Waals surface area (Å²) in [6.07, 6.45) is 7.41. The van der Waals surface area contributed by atoms with Gasteiger partial charge in [0.15, 0.2) is 0 Å². The van der Waals surface area contributed by atoms with Crippen LogP contribution in [0, 0.1) is 6.92 Å². The molecule has 0 bridgehead atoms. The van der Waals surface area contributed by atoms with E-state index in [0.29, 0.717) is 0 Å². The molecule has 0 aromatic carbocycles. The van der Waals surface area contributed by atoms with E-state index in [9.17, 15) is 0 Å². The van der Waals surface area contributed by atoms with E-state index < -0.39 is 0 Å². The summed E-state index contributed by atoms with van der Waals surface area (Å²) in [6.45, 7) is 1.98. The Morgan fingerprint density at radius 2 is 2.00 bits per heavy atom. The fraction of sp³-hybridized carbons (Fsp3) is 0.286. The number of pyridine rings is 2. The predicted octanol–water partition coefficient (Wildman–Crippen LogP) is 1.92. The SMILES string of the molecule is Cc1ccc(C(CCc2ccncc2)NN)cn1. The van der Waals surface area contributed by atoms with Crippen LogP contribution in [0.2, 0.25) is 0 Å². The van der Waals surface area contributed by atoms with E-state index in [1.54, 1.807) is 0 Å². The third-order valence-corrected chi connectivity index (χ3v) is 3.01. The largest absolute Gasteiger partial charge is 0.271 e. The van der Waals surface area contributed by atoms with Crippen molar-refractivity contribution in [2.24, 2.45) is 5.84 Å². The van der Waals surface area contributed by atoms with Crippen molar-refractivity contribution in [2.45, 2.75) is 25.8 Å². The molecule has 0 saturated carbocycles. The fourth-order valence-electron chi connectivity index (χ4n) is 1.89. The molecule has 0 amide bonds. The molecule has 0 aliphatic carbocycles. The standard InChI is InChI=1S/C14H18N4/c1-11-2-4-13(10-17-11)14(18-15)5-3-12-6-8-16-9-7-12/h2,4,6-10,14,18H,3,5,15H2,1H3. The average Bonchev–Trinajstić information content (AvgIpc) is 2.42. The molecule has 0 fully saturated rings. The zero-order chi connectivity index (χ0) is 12.8. The fourth-order valence-corrected chi connectivity index (χ4v) is 1.89. The number of hydrazine groups is 1. The molecule has 1 unspecified atom stereocenters. The lowest BCUT2D eigenvalue weighted by molar-refractivity contribution is 0.514. The second kappa shape index (κ2) is 6.23. The number of rotatable bonds is 5. The van der Waals surface area contributed by atoms with E-state index in [4.69, 9.17) is 5.84 Å². The van der Waals surface area contributed by atoms with Gasteiger partial charge in [-0.15, -0.1) is 0 Å². The summed E-state index contributed by atoms with van der Waals surface area (Å²) in [6, 6.07) is 8.26. The second-order valence-corrected chi connectivity index (χ2v) is 4.35. The molecule has 2 rings (SSSR count). The first-order valence-corrected chi connectivity index (χ1v) is 6.07. The molecule has 3 N–H and O–H groups in total. The maximum atomic E-state index is 5.62.